The highest BCUT2D eigenvalue weighted by Gasteiger charge is 2.31. The Balaban J connectivity index is 1.85. The largest absolute Gasteiger partial charge is 0.497 e. The molecule has 6 heteroatoms. The predicted molar refractivity (Wildman–Crippen MR) is 125 cm³/mol. The first-order valence-corrected chi connectivity index (χ1v) is 11.1. The summed E-state index contributed by atoms with van der Waals surface area (Å²) in [4.78, 5) is 30.0. The van der Waals surface area contributed by atoms with E-state index in [4.69, 9.17) is 9.47 Å². The third-order valence-electron chi connectivity index (χ3n) is 5.91. The van der Waals surface area contributed by atoms with Crippen molar-refractivity contribution in [3.05, 3.63) is 65.2 Å². The summed E-state index contributed by atoms with van der Waals surface area (Å²) in [6, 6.07) is 14.7. The van der Waals surface area contributed by atoms with Crippen LogP contribution in [0.15, 0.2) is 48.5 Å². The van der Waals surface area contributed by atoms with Crippen LogP contribution in [0.1, 0.15) is 43.5 Å². The van der Waals surface area contributed by atoms with Crippen LogP contribution in [0.5, 0.6) is 5.75 Å². The Morgan fingerprint density at radius 2 is 1.62 bits per heavy atom. The van der Waals surface area contributed by atoms with E-state index in [2.05, 4.69) is 32.9 Å². The van der Waals surface area contributed by atoms with E-state index in [1.165, 1.54) is 5.56 Å². The number of carbonyl (C=O) groups excluding carboxylic acids is 2. The highest BCUT2D eigenvalue weighted by Crippen LogP contribution is 2.27. The SMILES string of the molecule is COc1ccc(C(C(=O)Cc2ccc(C(C)(C)C)cc2)N(C)C(=O)N2CCOCC2)cc1. The number of methoxy groups -OCH3 is 1. The molecule has 1 aliphatic heterocycles. The summed E-state index contributed by atoms with van der Waals surface area (Å²) in [6.45, 7) is 8.58. The number of carbonyl (C=O) groups is 2. The zero-order valence-electron chi connectivity index (χ0n) is 19.8. The van der Waals surface area contributed by atoms with Crippen LogP contribution in [-0.4, -0.2) is 62.1 Å². The van der Waals surface area contributed by atoms with Gasteiger partial charge in [0.05, 0.1) is 20.3 Å². The molecule has 0 spiro atoms. The standard InChI is InChI=1S/C26H34N2O4/c1-26(2,3)21-10-6-19(7-11-21)18-23(29)24(20-8-12-22(31-5)13-9-20)27(4)25(30)28-14-16-32-17-15-28/h6-13,24H,14-18H2,1-5H3. The van der Waals surface area contributed by atoms with E-state index in [0.29, 0.717) is 32.1 Å². The lowest BCUT2D eigenvalue weighted by atomic mass is 9.86. The van der Waals surface area contributed by atoms with E-state index in [1.54, 1.807) is 24.0 Å². The third kappa shape index (κ3) is 5.68. The molecule has 0 bridgehead atoms. The van der Waals surface area contributed by atoms with Crippen molar-refractivity contribution in [2.75, 3.05) is 40.5 Å². The van der Waals surface area contributed by atoms with Crippen molar-refractivity contribution in [3.63, 3.8) is 0 Å². The van der Waals surface area contributed by atoms with Crippen LogP contribution >= 0.6 is 0 Å². The zero-order valence-corrected chi connectivity index (χ0v) is 19.8. The van der Waals surface area contributed by atoms with Crippen molar-refractivity contribution < 1.29 is 19.1 Å². The molecule has 32 heavy (non-hydrogen) atoms. The lowest BCUT2D eigenvalue weighted by molar-refractivity contribution is -0.122. The van der Waals surface area contributed by atoms with Crippen molar-refractivity contribution in [1.82, 2.24) is 9.80 Å². The first-order chi connectivity index (χ1) is 15.2. The maximum absolute atomic E-state index is 13.5. The van der Waals surface area contributed by atoms with E-state index in [1.807, 2.05) is 36.4 Å². The average molecular weight is 439 g/mol. The summed E-state index contributed by atoms with van der Waals surface area (Å²) >= 11 is 0. The van der Waals surface area contributed by atoms with Crippen LogP contribution in [0.25, 0.3) is 0 Å². The molecule has 1 atom stereocenters. The number of urea groups is 1. The Kier molecular flexibility index (Phi) is 7.56. The number of hydrogen-bond acceptors (Lipinski definition) is 4. The number of amides is 2. The van der Waals surface area contributed by atoms with Gasteiger partial charge in [0.25, 0.3) is 0 Å². The van der Waals surface area contributed by atoms with Gasteiger partial charge < -0.3 is 19.3 Å². The van der Waals surface area contributed by atoms with Gasteiger partial charge in [-0.05, 0) is 34.2 Å². The van der Waals surface area contributed by atoms with Gasteiger partial charge in [-0.1, -0.05) is 57.2 Å². The Bertz CT molecular complexity index is 910. The van der Waals surface area contributed by atoms with Crippen LogP contribution in [0.2, 0.25) is 0 Å². The quantitative estimate of drug-likeness (QED) is 0.677. The molecule has 1 saturated heterocycles. The summed E-state index contributed by atoms with van der Waals surface area (Å²) in [5, 5.41) is 0. The number of likely N-dealkylation sites (N-methyl/N-ethyl adjacent to an activating group) is 1. The Morgan fingerprint density at radius 1 is 1.03 bits per heavy atom. The second-order valence-corrected chi connectivity index (χ2v) is 9.26. The fourth-order valence-corrected chi connectivity index (χ4v) is 3.92. The smallest absolute Gasteiger partial charge is 0.320 e. The zero-order chi connectivity index (χ0) is 23.3. The fraction of sp³-hybridized carbons (Fsp3) is 0.462. The van der Waals surface area contributed by atoms with Crippen molar-refractivity contribution in [3.8, 4) is 5.75 Å². The highest BCUT2D eigenvalue weighted by atomic mass is 16.5. The Morgan fingerprint density at radius 3 is 2.16 bits per heavy atom. The number of hydrogen-bond donors (Lipinski definition) is 0. The molecule has 1 aliphatic rings. The summed E-state index contributed by atoms with van der Waals surface area (Å²) < 4.78 is 10.6. The first kappa shape index (κ1) is 23.8. The predicted octanol–water partition coefficient (Wildman–Crippen LogP) is 4.23. The summed E-state index contributed by atoms with van der Waals surface area (Å²) in [7, 11) is 3.31. The second kappa shape index (κ2) is 10.2. The monoisotopic (exact) mass is 438 g/mol. The van der Waals surface area contributed by atoms with Gasteiger partial charge in [0, 0.05) is 26.6 Å². The molecule has 0 aromatic heterocycles. The van der Waals surface area contributed by atoms with E-state index in [9.17, 15) is 9.59 Å². The molecule has 172 valence electrons. The van der Waals surface area contributed by atoms with Gasteiger partial charge in [-0.15, -0.1) is 0 Å². The maximum Gasteiger partial charge on any atom is 0.320 e. The van der Waals surface area contributed by atoms with Crippen LogP contribution in [-0.2, 0) is 21.4 Å². The van der Waals surface area contributed by atoms with Gasteiger partial charge >= 0.3 is 6.03 Å². The topological polar surface area (TPSA) is 59.1 Å². The van der Waals surface area contributed by atoms with E-state index in [0.717, 1.165) is 11.1 Å². The Hall–Kier alpha value is -2.86. The molecule has 1 heterocycles. The number of rotatable bonds is 6. The minimum Gasteiger partial charge on any atom is -0.497 e. The molecular formula is C26H34N2O4. The van der Waals surface area contributed by atoms with Crippen LogP contribution in [0, 0.1) is 0 Å². The first-order valence-electron chi connectivity index (χ1n) is 11.1. The van der Waals surface area contributed by atoms with Gasteiger partial charge in [-0.2, -0.15) is 0 Å². The van der Waals surface area contributed by atoms with Crippen LogP contribution in [0.3, 0.4) is 0 Å². The third-order valence-corrected chi connectivity index (χ3v) is 5.91. The number of ketones is 1. The van der Waals surface area contributed by atoms with Gasteiger partial charge in [0.1, 0.15) is 11.8 Å². The lowest BCUT2D eigenvalue weighted by Gasteiger charge is -2.35. The minimum absolute atomic E-state index is 0.0252. The molecular weight excluding hydrogens is 404 g/mol. The van der Waals surface area contributed by atoms with Crippen LogP contribution in [0.4, 0.5) is 4.79 Å². The van der Waals surface area contributed by atoms with E-state index in [-0.39, 0.29) is 23.7 Å². The lowest BCUT2D eigenvalue weighted by Crippen LogP contribution is -2.49. The van der Waals surface area contributed by atoms with Gasteiger partial charge in [-0.25, -0.2) is 4.79 Å². The molecule has 6 nitrogen and oxygen atoms in total. The van der Waals surface area contributed by atoms with Crippen molar-refractivity contribution in [1.29, 1.82) is 0 Å². The molecule has 0 radical (unpaired) electrons. The number of ether oxygens (including phenoxy) is 2. The molecule has 0 aliphatic carbocycles. The molecule has 0 saturated carbocycles. The van der Waals surface area contributed by atoms with Crippen LogP contribution < -0.4 is 4.74 Å². The maximum atomic E-state index is 13.5. The van der Waals surface area contributed by atoms with Gasteiger partial charge in [-0.3, -0.25) is 4.79 Å². The van der Waals surface area contributed by atoms with Gasteiger partial charge in [0.15, 0.2) is 5.78 Å². The molecule has 1 unspecified atom stereocenters. The van der Waals surface area contributed by atoms with Crippen molar-refractivity contribution in [2.45, 2.75) is 38.6 Å². The summed E-state index contributed by atoms with van der Waals surface area (Å²) in [6.07, 6.45) is 0.252. The van der Waals surface area contributed by atoms with E-state index >= 15 is 0 Å². The Labute approximate surface area is 191 Å². The average Bonchev–Trinajstić information content (AvgIpc) is 2.79. The second-order valence-electron chi connectivity index (χ2n) is 9.26. The molecule has 1 fully saturated rings. The van der Waals surface area contributed by atoms with Crippen molar-refractivity contribution in [2.24, 2.45) is 0 Å². The number of morpholine rings is 1. The molecule has 2 aromatic rings. The number of Topliss-reactive ketones (excluding diaryl/α,β-unsaturated/α-hetero) is 1. The minimum atomic E-state index is -0.682. The van der Waals surface area contributed by atoms with Gasteiger partial charge in [0.2, 0.25) is 0 Å². The fourth-order valence-electron chi connectivity index (χ4n) is 3.92. The summed E-state index contributed by atoms with van der Waals surface area (Å²) in [5.74, 6) is 0.683. The molecule has 3 rings (SSSR count). The van der Waals surface area contributed by atoms with Crippen molar-refractivity contribution >= 4 is 11.8 Å². The number of benzene rings is 2. The normalized spacial score (nSPS) is 15.2. The molecule has 2 amide bonds. The van der Waals surface area contributed by atoms with E-state index < -0.39 is 6.04 Å². The molecule has 0 N–H and O–H groups in total. The summed E-state index contributed by atoms with van der Waals surface area (Å²) in [5.41, 5.74) is 2.99. The highest BCUT2D eigenvalue weighted by molar-refractivity contribution is 5.91. The molecule has 2 aromatic carbocycles. The number of nitrogens with zero attached hydrogens (tertiary/aromatic N) is 2.